The molecule has 2 aromatic rings. The molecule has 1 aromatic heterocycles. The van der Waals surface area contributed by atoms with Crippen molar-refractivity contribution in [3.05, 3.63) is 58.0 Å². The van der Waals surface area contributed by atoms with Gasteiger partial charge >= 0.3 is 6.03 Å². The number of imide groups is 1. The van der Waals surface area contributed by atoms with Gasteiger partial charge in [0.15, 0.2) is 11.5 Å². The van der Waals surface area contributed by atoms with E-state index in [1.54, 1.807) is 30.3 Å². The van der Waals surface area contributed by atoms with Crippen LogP contribution in [0.2, 0.25) is 0 Å². The molecule has 2 fully saturated rings. The van der Waals surface area contributed by atoms with Crippen molar-refractivity contribution in [1.29, 1.82) is 0 Å². The van der Waals surface area contributed by atoms with Gasteiger partial charge < -0.3 is 24.3 Å². The monoisotopic (exact) mass is 478 g/mol. The molecule has 1 N–H and O–H groups in total. The average Bonchev–Trinajstić information content (AvgIpc) is 3.42. The zero-order chi connectivity index (χ0) is 24.1. The molecule has 0 spiro atoms. The van der Waals surface area contributed by atoms with Gasteiger partial charge in [-0.25, -0.2) is 4.79 Å². The highest BCUT2D eigenvalue weighted by Gasteiger charge is 2.40. The number of likely N-dealkylation sites (tertiary alicyclic amines) is 1. The molecule has 0 radical (unpaired) electrons. The Bertz CT molecular complexity index is 1270. The van der Waals surface area contributed by atoms with Crippen LogP contribution in [0.5, 0.6) is 11.5 Å². The Kier molecular flexibility index (Phi) is 5.23. The highest BCUT2D eigenvalue weighted by atomic mass is 16.7. The Morgan fingerprint density at radius 3 is 2.77 bits per heavy atom. The van der Waals surface area contributed by atoms with Crippen LogP contribution in [-0.4, -0.2) is 58.1 Å². The molecule has 0 unspecified atom stereocenters. The summed E-state index contributed by atoms with van der Waals surface area (Å²) >= 11 is 0. The smallest absolute Gasteiger partial charge is 0.325 e. The van der Waals surface area contributed by atoms with Crippen molar-refractivity contribution < 1.29 is 23.9 Å². The standard InChI is InChI=1S/C25H26N4O6/c30-22(27-10-16-8-17(13-27)19-2-1-3-23(31)28(19)12-16)7-5-18-24(32)29(25(33)26-18)11-15-4-6-20-21(9-15)35-14-34-20/h1-4,6,9,16-18H,5,7-8,10-14H2,(H,26,33)/t16-,17+,18+/m0/s1. The van der Waals surface area contributed by atoms with E-state index in [0.717, 1.165) is 17.7 Å². The summed E-state index contributed by atoms with van der Waals surface area (Å²) in [5.41, 5.74) is 1.76. The predicted octanol–water partition coefficient (Wildman–Crippen LogP) is 1.42. The van der Waals surface area contributed by atoms with E-state index in [4.69, 9.17) is 9.47 Å². The Balaban J connectivity index is 1.06. The summed E-state index contributed by atoms with van der Waals surface area (Å²) in [4.78, 5) is 53.6. The summed E-state index contributed by atoms with van der Waals surface area (Å²) in [6.45, 7) is 2.08. The number of carbonyl (C=O) groups is 3. The van der Waals surface area contributed by atoms with Crippen LogP contribution in [0.4, 0.5) is 4.79 Å². The van der Waals surface area contributed by atoms with Crippen LogP contribution in [0.1, 0.15) is 36.4 Å². The topological polar surface area (TPSA) is 110 Å². The quantitative estimate of drug-likeness (QED) is 0.651. The lowest BCUT2D eigenvalue weighted by Gasteiger charge is -2.42. The molecule has 10 nitrogen and oxygen atoms in total. The lowest BCUT2D eigenvalue weighted by molar-refractivity contribution is -0.134. The normalized spacial score (nSPS) is 24.4. The zero-order valence-electron chi connectivity index (χ0n) is 19.1. The Hall–Kier alpha value is -3.82. The third kappa shape index (κ3) is 3.92. The number of nitrogens with one attached hydrogen (secondary N) is 1. The molecule has 0 saturated carbocycles. The van der Waals surface area contributed by atoms with Crippen LogP contribution in [-0.2, 0) is 22.7 Å². The second-order valence-corrected chi connectivity index (χ2v) is 9.65. The molecule has 0 aliphatic carbocycles. The Morgan fingerprint density at radius 1 is 1.03 bits per heavy atom. The van der Waals surface area contributed by atoms with E-state index < -0.39 is 12.1 Å². The molecule has 10 heteroatoms. The number of fused-ring (bicyclic) bond motifs is 5. The van der Waals surface area contributed by atoms with Gasteiger partial charge in [-0.2, -0.15) is 0 Å². The van der Waals surface area contributed by atoms with E-state index in [-0.39, 0.29) is 55.4 Å². The van der Waals surface area contributed by atoms with E-state index in [0.29, 0.717) is 31.1 Å². The van der Waals surface area contributed by atoms with Crippen molar-refractivity contribution in [3.63, 3.8) is 0 Å². The minimum absolute atomic E-state index is 0.0118. The molecular formula is C25H26N4O6. The molecule has 3 atom stereocenters. The summed E-state index contributed by atoms with van der Waals surface area (Å²) in [6, 6.07) is 9.47. The Labute approximate surface area is 201 Å². The van der Waals surface area contributed by atoms with Gasteiger partial charge in [0.2, 0.25) is 12.7 Å². The molecule has 182 valence electrons. The van der Waals surface area contributed by atoms with E-state index >= 15 is 0 Å². The predicted molar refractivity (Wildman–Crippen MR) is 123 cm³/mol. The minimum Gasteiger partial charge on any atom is -0.454 e. The van der Waals surface area contributed by atoms with Gasteiger partial charge in [-0.1, -0.05) is 12.1 Å². The number of carbonyl (C=O) groups excluding carboxylic acids is 3. The van der Waals surface area contributed by atoms with Crippen LogP contribution in [0.15, 0.2) is 41.2 Å². The summed E-state index contributed by atoms with van der Waals surface area (Å²) in [5, 5.41) is 2.72. The van der Waals surface area contributed by atoms with Crippen LogP contribution in [0.3, 0.4) is 0 Å². The summed E-state index contributed by atoms with van der Waals surface area (Å²) in [6.07, 6.45) is 1.40. The second-order valence-electron chi connectivity index (χ2n) is 9.65. The molecule has 1 aromatic carbocycles. The third-order valence-electron chi connectivity index (χ3n) is 7.36. The van der Waals surface area contributed by atoms with Crippen molar-refractivity contribution in [2.24, 2.45) is 5.92 Å². The van der Waals surface area contributed by atoms with Crippen molar-refractivity contribution in [3.8, 4) is 11.5 Å². The molecule has 4 aliphatic rings. The maximum atomic E-state index is 13.0. The first-order valence-electron chi connectivity index (χ1n) is 11.9. The molecule has 2 bridgehead atoms. The number of rotatable bonds is 5. The lowest BCUT2D eigenvalue weighted by atomic mass is 9.83. The van der Waals surface area contributed by atoms with Gasteiger partial charge in [0.25, 0.3) is 11.5 Å². The van der Waals surface area contributed by atoms with Gasteiger partial charge in [-0.3, -0.25) is 19.3 Å². The molecule has 6 rings (SSSR count). The largest absolute Gasteiger partial charge is 0.454 e. The number of ether oxygens (including phenoxy) is 2. The van der Waals surface area contributed by atoms with E-state index in [1.807, 2.05) is 15.5 Å². The summed E-state index contributed by atoms with van der Waals surface area (Å²) in [7, 11) is 0. The lowest BCUT2D eigenvalue weighted by Crippen LogP contribution is -2.49. The number of urea groups is 1. The molecule has 35 heavy (non-hydrogen) atoms. The maximum Gasteiger partial charge on any atom is 0.325 e. The van der Waals surface area contributed by atoms with Gasteiger partial charge in [0, 0.05) is 43.7 Å². The number of aromatic nitrogens is 1. The van der Waals surface area contributed by atoms with Gasteiger partial charge in [0.05, 0.1) is 6.54 Å². The van der Waals surface area contributed by atoms with E-state index in [1.165, 1.54) is 4.90 Å². The van der Waals surface area contributed by atoms with Gasteiger partial charge in [-0.15, -0.1) is 0 Å². The highest BCUT2D eigenvalue weighted by molar-refractivity contribution is 6.04. The van der Waals surface area contributed by atoms with E-state index in [9.17, 15) is 19.2 Å². The second kappa shape index (κ2) is 8.44. The van der Waals surface area contributed by atoms with Crippen LogP contribution >= 0.6 is 0 Å². The number of pyridine rings is 1. The first kappa shape index (κ1) is 21.7. The van der Waals surface area contributed by atoms with Gasteiger partial charge in [-0.05, 0) is 42.5 Å². The number of amides is 4. The van der Waals surface area contributed by atoms with Crippen molar-refractivity contribution in [2.75, 3.05) is 19.9 Å². The number of hydrogen-bond donors (Lipinski definition) is 1. The molecule has 4 aliphatic heterocycles. The van der Waals surface area contributed by atoms with E-state index in [2.05, 4.69) is 5.32 Å². The van der Waals surface area contributed by atoms with Gasteiger partial charge in [0.1, 0.15) is 6.04 Å². The number of nitrogens with zero attached hydrogens (tertiary/aromatic N) is 3. The fraction of sp³-hybridized carbons (Fsp3) is 0.440. The van der Waals surface area contributed by atoms with Crippen molar-refractivity contribution in [2.45, 2.75) is 44.3 Å². The number of piperidine rings is 1. The third-order valence-corrected chi connectivity index (χ3v) is 7.36. The zero-order valence-corrected chi connectivity index (χ0v) is 19.1. The van der Waals surface area contributed by atoms with Crippen LogP contribution < -0.4 is 20.3 Å². The molecule has 4 amide bonds. The Morgan fingerprint density at radius 2 is 1.89 bits per heavy atom. The van der Waals surface area contributed by atoms with Crippen molar-refractivity contribution in [1.82, 2.24) is 19.7 Å². The SMILES string of the molecule is O=C(CC[C@H]1NC(=O)N(Cc2ccc3c(c2)OCO3)C1=O)N1C[C@@H]2C[C@H](C1)c1cccc(=O)n1C2. The van der Waals surface area contributed by atoms with Crippen LogP contribution in [0.25, 0.3) is 0 Å². The van der Waals surface area contributed by atoms with Crippen LogP contribution in [0, 0.1) is 5.92 Å². The maximum absolute atomic E-state index is 13.0. The number of hydrogen-bond acceptors (Lipinski definition) is 6. The fourth-order valence-corrected chi connectivity index (χ4v) is 5.67. The van der Waals surface area contributed by atoms with Crippen molar-refractivity contribution >= 4 is 17.8 Å². The summed E-state index contributed by atoms with van der Waals surface area (Å²) in [5.74, 6) is 1.27. The first-order chi connectivity index (χ1) is 17.0. The average molecular weight is 479 g/mol. The molecular weight excluding hydrogens is 452 g/mol. The number of benzene rings is 1. The highest BCUT2D eigenvalue weighted by Crippen LogP contribution is 2.35. The molecule has 5 heterocycles. The first-order valence-corrected chi connectivity index (χ1v) is 11.9. The fourth-order valence-electron chi connectivity index (χ4n) is 5.67. The molecule has 2 saturated heterocycles. The summed E-state index contributed by atoms with van der Waals surface area (Å²) < 4.78 is 12.5. The minimum atomic E-state index is -0.718.